The van der Waals surface area contributed by atoms with Crippen molar-refractivity contribution in [2.75, 3.05) is 4.90 Å². The maximum atomic E-state index is 13.3. The maximum Gasteiger partial charge on any atom is 0.147 e. The summed E-state index contributed by atoms with van der Waals surface area (Å²) in [5.74, 6) is 0.453. The largest absolute Gasteiger partial charge is 0.385 e. The molecule has 134 valence electrons. The third-order valence-corrected chi connectivity index (χ3v) is 5.83. The molecule has 0 saturated carbocycles. The minimum absolute atomic E-state index is 0.129. The Labute approximate surface area is 152 Å². The number of rotatable bonds is 2. The number of piperidine rings is 1. The van der Waals surface area contributed by atoms with E-state index in [1.807, 2.05) is 19.9 Å². The summed E-state index contributed by atoms with van der Waals surface area (Å²) >= 11 is 0. The lowest BCUT2D eigenvalue weighted by atomic mass is 9.80. The van der Waals surface area contributed by atoms with Crippen LogP contribution in [0, 0.1) is 31.0 Å². The fourth-order valence-electron chi connectivity index (χ4n) is 4.71. The van der Waals surface area contributed by atoms with Crippen LogP contribution in [0.2, 0.25) is 0 Å². The minimum Gasteiger partial charge on any atom is -0.385 e. The fraction of sp³-hybridized carbons (Fsp3) is 0.429. The Hall–Kier alpha value is -2.45. The summed E-state index contributed by atoms with van der Waals surface area (Å²) in [7, 11) is 0. The van der Waals surface area contributed by atoms with Crippen molar-refractivity contribution in [3.63, 3.8) is 0 Å². The molecule has 1 aromatic heterocycles. The van der Waals surface area contributed by atoms with Crippen molar-refractivity contribution in [2.24, 2.45) is 0 Å². The average Bonchev–Trinajstić information content (AvgIpc) is 2.87. The summed E-state index contributed by atoms with van der Waals surface area (Å²) in [6.45, 7) is 3.88. The molecule has 3 heterocycles. The van der Waals surface area contributed by atoms with Gasteiger partial charge in [-0.25, -0.2) is 9.37 Å². The number of aliphatic hydroxyl groups is 1. The van der Waals surface area contributed by atoms with Crippen molar-refractivity contribution in [1.29, 1.82) is 5.26 Å². The third-order valence-electron chi connectivity index (χ3n) is 5.83. The molecule has 5 heteroatoms. The number of anilines is 1. The highest BCUT2D eigenvalue weighted by Gasteiger charge is 2.49. The molecular formula is C21H22FN3O. The number of aromatic nitrogens is 1. The predicted octanol–water partition coefficient (Wildman–Crippen LogP) is 3.73. The maximum absolute atomic E-state index is 13.3. The Kier molecular flexibility index (Phi) is 3.96. The summed E-state index contributed by atoms with van der Waals surface area (Å²) in [5, 5.41) is 20.9. The van der Waals surface area contributed by atoms with E-state index in [0.29, 0.717) is 18.4 Å². The molecule has 2 fully saturated rings. The molecule has 2 atom stereocenters. The monoisotopic (exact) mass is 351 g/mol. The van der Waals surface area contributed by atoms with Gasteiger partial charge >= 0.3 is 0 Å². The van der Waals surface area contributed by atoms with Crippen molar-refractivity contribution in [3.8, 4) is 6.07 Å². The molecule has 1 N–H and O–H groups in total. The lowest BCUT2D eigenvalue weighted by molar-refractivity contribution is -0.00325. The van der Waals surface area contributed by atoms with Gasteiger partial charge in [0.1, 0.15) is 17.7 Å². The van der Waals surface area contributed by atoms with E-state index in [1.54, 1.807) is 12.1 Å². The molecule has 0 amide bonds. The van der Waals surface area contributed by atoms with Gasteiger partial charge in [-0.05, 0) is 56.0 Å². The Morgan fingerprint density at radius 1 is 1.19 bits per heavy atom. The van der Waals surface area contributed by atoms with Crippen LogP contribution in [0.3, 0.4) is 0 Å². The second-order valence-corrected chi connectivity index (χ2v) is 7.63. The minimum atomic E-state index is -0.957. The molecule has 2 aliphatic rings. The SMILES string of the molecule is Cc1cc(C)c(C#N)c(N2[C@H]3CC[C@H]2CC(O)(c2ccc(F)cc2)C3)n1. The number of nitriles is 1. The molecular weight excluding hydrogens is 329 g/mol. The van der Waals surface area contributed by atoms with Crippen LogP contribution in [0.15, 0.2) is 30.3 Å². The second-order valence-electron chi connectivity index (χ2n) is 7.63. The Balaban J connectivity index is 1.70. The van der Waals surface area contributed by atoms with Crippen LogP contribution >= 0.6 is 0 Å². The van der Waals surface area contributed by atoms with Gasteiger partial charge < -0.3 is 10.0 Å². The van der Waals surface area contributed by atoms with Crippen LogP contribution in [-0.2, 0) is 5.60 Å². The first kappa shape index (κ1) is 17.0. The van der Waals surface area contributed by atoms with Crippen molar-refractivity contribution < 1.29 is 9.50 Å². The molecule has 2 bridgehead atoms. The molecule has 0 spiro atoms. The Bertz CT molecular complexity index is 873. The van der Waals surface area contributed by atoms with E-state index in [-0.39, 0.29) is 17.9 Å². The molecule has 4 rings (SSSR count). The number of benzene rings is 1. The molecule has 0 unspecified atom stereocenters. The zero-order valence-corrected chi connectivity index (χ0v) is 15.0. The lowest BCUT2D eigenvalue weighted by Gasteiger charge is -2.45. The smallest absolute Gasteiger partial charge is 0.147 e. The van der Waals surface area contributed by atoms with E-state index >= 15 is 0 Å². The van der Waals surface area contributed by atoms with Crippen LogP contribution in [0.5, 0.6) is 0 Å². The molecule has 2 aliphatic heterocycles. The van der Waals surface area contributed by atoms with E-state index in [2.05, 4.69) is 16.0 Å². The van der Waals surface area contributed by atoms with E-state index < -0.39 is 5.60 Å². The van der Waals surface area contributed by atoms with Crippen LogP contribution in [0.25, 0.3) is 0 Å². The van der Waals surface area contributed by atoms with Crippen LogP contribution in [0.1, 0.15) is 48.1 Å². The topological polar surface area (TPSA) is 60.2 Å². The average molecular weight is 351 g/mol. The standard InChI is InChI=1S/C21H22FN3O/c1-13-9-14(2)24-20(19(13)12-23)25-17-7-8-18(25)11-21(26,10-17)15-3-5-16(22)6-4-15/h3-6,9,17-18,26H,7-8,10-11H2,1-2H3/t17-,18-/m0/s1. The van der Waals surface area contributed by atoms with Gasteiger partial charge in [0.2, 0.25) is 0 Å². The number of aryl methyl sites for hydroxylation is 2. The molecule has 4 nitrogen and oxygen atoms in total. The number of halogens is 1. The van der Waals surface area contributed by atoms with Gasteiger partial charge in [0, 0.05) is 30.6 Å². The molecule has 2 aromatic rings. The number of hydrogen-bond donors (Lipinski definition) is 1. The number of hydrogen-bond acceptors (Lipinski definition) is 4. The fourth-order valence-corrected chi connectivity index (χ4v) is 4.71. The summed E-state index contributed by atoms with van der Waals surface area (Å²) in [6.07, 6.45) is 3.06. The van der Waals surface area contributed by atoms with Gasteiger partial charge in [-0.1, -0.05) is 12.1 Å². The van der Waals surface area contributed by atoms with Crippen molar-refractivity contribution in [3.05, 3.63) is 58.5 Å². The van der Waals surface area contributed by atoms with E-state index in [0.717, 1.165) is 35.5 Å². The molecule has 0 radical (unpaired) electrons. The quantitative estimate of drug-likeness (QED) is 0.896. The zero-order valence-electron chi connectivity index (χ0n) is 15.0. The Morgan fingerprint density at radius 2 is 1.81 bits per heavy atom. The van der Waals surface area contributed by atoms with Gasteiger partial charge in [-0.2, -0.15) is 5.26 Å². The Morgan fingerprint density at radius 3 is 2.38 bits per heavy atom. The summed E-state index contributed by atoms with van der Waals surface area (Å²) in [4.78, 5) is 6.92. The molecule has 2 saturated heterocycles. The zero-order chi connectivity index (χ0) is 18.5. The summed E-state index contributed by atoms with van der Waals surface area (Å²) in [6, 6.07) is 10.7. The number of fused-ring (bicyclic) bond motifs is 2. The summed E-state index contributed by atoms with van der Waals surface area (Å²) in [5.41, 5.74) is 2.27. The van der Waals surface area contributed by atoms with Crippen molar-refractivity contribution in [2.45, 2.75) is 57.2 Å². The van der Waals surface area contributed by atoms with Crippen molar-refractivity contribution in [1.82, 2.24) is 4.98 Å². The highest BCUT2D eigenvalue weighted by molar-refractivity contribution is 5.60. The van der Waals surface area contributed by atoms with E-state index in [4.69, 9.17) is 0 Å². The number of pyridine rings is 1. The summed E-state index contributed by atoms with van der Waals surface area (Å²) < 4.78 is 13.3. The second kappa shape index (κ2) is 6.07. The molecule has 1 aromatic carbocycles. The van der Waals surface area contributed by atoms with Crippen LogP contribution < -0.4 is 4.90 Å². The van der Waals surface area contributed by atoms with Crippen molar-refractivity contribution >= 4 is 5.82 Å². The van der Waals surface area contributed by atoms with Gasteiger partial charge in [0.05, 0.1) is 11.2 Å². The van der Waals surface area contributed by atoms with E-state index in [9.17, 15) is 14.8 Å². The number of nitrogens with zero attached hydrogens (tertiary/aromatic N) is 3. The highest BCUT2D eigenvalue weighted by Crippen LogP contribution is 2.47. The first-order valence-corrected chi connectivity index (χ1v) is 9.06. The highest BCUT2D eigenvalue weighted by atomic mass is 19.1. The first-order chi connectivity index (χ1) is 12.4. The third kappa shape index (κ3) is 2.65. The normalized spacial score (nSPS) is 27.4. The molecule has 26 heavy (non-hydrogen) atoms. The first-order valence-electron chi connectivity index (χ1n) is 9.06. The van der Waals surface area contributed by atoms with Gasteiger partial charge in [0.15, 0.2) is 0 Å². The lowest BCUT2D eigenvalue weighted by Crippen LogP contribution is -2.50. The van der Waals surface area contributed by atoms with E-state index in [1.165, 1.54) is 12.1 Å². The predicted molar refractivity (Wildman–Crippen MR) is 97.2 cm³/mol. The van der Waals surface area contributed by atoms with Crippen LogP contribution in [-0.4, -0.2) is 22.2 Å². The van der Waals surface area contributed by atoms with Gasteiger partial charge in [0.25, 0.3) is 0 Å². The van der Waals surface area contributed by atoms with Gasteiger partial charge in [-0.15, -0.1) is 0 Å². The van der Waals surface area contributed by atoms with Gasteiger partial charge in [-0.3, -0.25) is 0 Å². The van der Waals surface area contributed by atoms with Crippen LogP contribution in [0.4, 0.5) is 10.2 Å². The molecule has 0 aliphatic carbocycles.